The summed E-state index contributed by atoms with van der Waals surface area (Å²) in [6, 6.07) is 17.8. The largest absolute Gasteiger partial charge is 0.490 e. The molecule has 0 atom stereocenters. The molecule has 0 bridgehead atoms. The highest BCUT2D eigenvalue weighted by Crippen LogP contribution is 2.32. The van der Waals surface area contributed by atoms with Gasteiger partial charge in [-0.25, -0.2) is 18.0 Å². The highest BCUT2D eigenvalue weighted by atomic mass is 19.2. The molecule has 4 aromatic carbocycles. The van der Waals surface area contributed by atoms with Gasteiger partial charge >= 0.3 is 5.97 Å². The number of aryl methyl sites for hydroxylation is 1. The van der Waals surface area contributed by atoms with Crippen LogP contribution in [-0.4, -0.2) is 12.6 Å². The minimum Gasteiger partial charge on any atom is -0.490 e. The Hall–Kier alpha value is -4.13. The van der Waals surface area contributed by atoms with Gasteiger partial charge in [-0.3, -0.25) is 0 Å². The second kappa shape index (κ2) is 13.3. The fourth-order valence-corrected chi connectivity index (χ4v) is 4.28. The molecule has 0 spiro atoms. The fraction of sp³-hybridized carbons (Fsp3) is 0.242. The summed E-state index contributed by atoms with van der Waals surface area (Å²) in [5.41, 5.74) is 1.25. The summed E-state index contributed by atoms with van der Waals surface area (Å²) >= 11 is 0. The van der Waals surface area contributed by atoms with Gasteiger partial charge in [0, 0.05) is 11.1 Å². The number of unbranched alkanes of at least 4 members (excludes halogenated alkanes) is 4. The van der Waals surface area contributed by atoms with Crippen molar-refractivity contribution in [2.75, 3.05) is 6.61 Å². The first-order valence-corrected chi connectivity index (χ1v) is 13.3. The first kappa shape index (κ1) is 28.9. The average molecular weight is 551 g/mol. The number of hydrogen-bond acceptors (Lipinski definition) is 3. The second-order valence-corrected chi connectivity index (χ2v) is 9.57. The average Bonchev–Trinajstić information content (AvgIpc) is 2.95. The Morgan fingerprint density at radius 1 is 0.650 bits per heavy atom. The van der Waals surface area contributed by atoms with Crippen molar-refractivity contribution in [2.24, 2.45) is 0 Å². The third-order valence-electron chi connectivity index (χ3n) is 6.59. The molecule has 3 nitrogen and oxygen atoms in total. The SMILES string of the molecule is CCCCCCCOc1ccc(-c2ccc(OC(=O)c3ccc(-c4ccc(C)cc4)c(F)c3F)cc2)c(F)c1F. The van der Waals surface area contributed by atoms with Crippen LogP contribution >= 0.6 is 0 Å². The van der Waals surface area contributed by atoms with Crippen LogP contribution in [0.1, 0.15) is 54.9 Å². The van der Waals surface area contributed by atoms with E-state index in [4.69, 9.17) is 9.47 Å². The van der Waals surface area contributed by atoms with E-state index >= 15 is 0 Å². The number of esters is 1. The van der Waals surface area contributed by atoms with Gasteiger partial charge in [0.2, 0.25) is 5.82 Å². The molecule has 0 radical (unpaired) electrons. The lowest BCUT2D eigenvalue weighted by Gasteiger charge is -2.11. The smallest absolute Gasteiger partial charge is 0.346 e. The van der Waals surface area contributed by atoms with E-state index in [2.05, 4.69) is 6.92 Å². The molecule has 208 valence electrons. The Bertz CT molecular complexity index is 1470. The van der Waals surface area contributed by atoms with Gasteiger partial charge in [0.1, 0.15) is 5.75 Å². The van der Waals surface area contributed by atoms with Crippen molar-refractivity contribution in [1.82, 2.24) is 0 Å². The van der Waals surface area contributed by atoms with Gasteiger partial charge in [-0.1, -0.05) is 80.6 Å². The van der Waals surface area contributed by atoms with Gasteiger partial charge in [0.15, 0.2) is 23.2 Å². The van der Waals surface area contributed by atoms with Crippen LogP contribution in [0.5, 0.6) is 11.5 Å². The highest BCUT2D eigenvalue weighted by Gasteiger charge is 2.21. The topological polar surface area (TPSA) is 35.5 Å². The Morgan fingerprint density at radius 2 is 1.23 bits per heavy atom. The second-order valence-electron chi connectivity index (χ2n) is 9.57. The van der Waals surface area contributed by atoms with Crippen LogP contribution in [0, 0.1) is 30.2 Å². The molecule has 0 saturated carbocycles. The van der Waals surface area contributed by atoms with E-state index in [1.165, 1.54) is 42.5 Å². The maximum absolute atomic E-state index is 14.8. The van der Waals surface area contributed by atoms with E-state index in [0.717, 1.165) is 43.7 Å². The van der Waals surface area contributed by atoms with Crippen molar-refractivity contribution in [3.05, 3.63) is 107 Å². The van der Waals surface area contributed by atoms with Gasteiger partial charge in [-0.2, -0.15) is 4.39 Å². The molecule has 0 heterocycles. The molecule has 0 aliphatic rings. The molecule has 7 heteroatoms. The van der Waals surface area contributed by atoms with Gasteiger partial charge in [-0.05, 0) is 54.8 Å². The van der Waals surface area contributed by atoms with Crippen molar-refractivity contribution in [2.45, 2.75) is 46.0 Å². The van der Waals surface area contributed by atoms with Gasteiger partial charge < -0.3 is 9.47 Å². The molecule has 0 aliphatic carbocycles. The van der Waals surface area contributed by atoms with Crippen molar-refractivity contribution in [3.8, 4) is 33.8 Å². The zero-order valence-electron chi connectivity index (χ0n) is 22.4. The molecule has 0 amide bonds. The van der Waals surface area contributed by atoms with Crippen molar-refractivity contribution < 1.29 is 31.8 Å². The van der Waals surface area contributed by atoms with Crippen molar-refractivity contribution >= 4 is 5.97 Å². The molecule has 4 rings (SSSR count). The Balaban J connectivity index is 1.42. The van der Waals surface area contributed by atoms with E-state index in [1.54, 1.807) is 24.3 Å². The van der Waals surface area contributed by atoms with E-state index < -0.39 is 34.8 Å². The molecule has 0 saturated heterocycles. The van der Waals surface area contributed by atoms with Crippen LogP contribution in [0.25, 0.3) is 22.3 Å². The predicted molar refractivity (Wildman–Crippen MR) is 148 cm³/mol. The lowest BCUT2D eigenvalue weighted by molar-refractivity contribution is 0.0728. The number of carbonyl (C=O) groups excluding carboxylic acids is 1. The third-order valence-corrected chi connectivity index (χ3v) is 6.59. The molecule has 0 aliphatic heterocycles. The monoisotopic (exact) mass is 550 g/mol. The lowest BCUT2D eigenvalue weighted by Crippen LogP contribution is -2.12. The molecular weight excluding hydrogens is 520 g/mol. The quantitative estimate of drug-likeness (QED) is 0.0808. The highest BCUT2D eigenvalue weighted by molar-refractivity contribution is 5.92. The molecular formula is C33H30F4O3. The van der Waals surface area contributed by atoms with Crippen LogP contribution in [0.2, 0.25) is 0 Å². The van der Waals surface area contributed by atoms with Crippen LogP contribution in [-0.2, 0) is 0 Å². The number of benzene rings is 4. The van der Waals surface area contributed by atoms with E-state index in [9.17, 15) is 22.4 Å². The molecule has 0 unspecified atom stereocenters. The standard InChI is InChI=1S/C33H30F4O3/c1-3-4-5-6-7-20-39-28-19-18-26(30(35)32(28)37)23-12-14-24(15-13-23)40-33(38)27-17-16-25(29(34)31(27)36)22-10-8-21(2)9-11-22/h8-19H,3-7,20H2,1-2H3. The first-order chi connectivity index (χ1) is 19.3. The summed E-state index contributed by atoms with van der Waals surface area (Å²) in [6.45, 7) is 4.30. The summed E-state index contributed by atoms with van der Waals surface area (Å²) in [7, 11) is 0. The summed E-state index contributed by atoms with van der Waals surface area (Å²) in [5.74, 6) is -5.82. The zero-order chi connectivity index (χ0) is 28.6. The van der Waals surface area contributed by atoms with E-state index in [-0.39, 0.29) is 22.6 Å². The number of rotatable bonds is 11. The normalized spacial score (nSPS) is 10.9. The maximum atomic E-state index is 14.8. The van der Waals surface area contributed by atoms with Gasteiger partial charge in [-0.15, -0.1) is 0 Å². The molecule has 40 heavy (non-hydrogen) atoms. The van der Waals surface area contributed by atoms with E-state index in [1.807, 2.05) is 6.92 Å². The Morgan fingerprint density at radius 3 is 1.88 bits per heavy atom. The number of carbonyl (C=O) groups is 1. The summed E-state index contributed by atoms with van der Waals surface area (Å²) in [6.07, 6.45) is 5.05. The van der Waals surface area contributed by atoms with Crippen molar-refractivity contribution in [1.29, 1.82) is 0 Å². The number of hydrogen-bond donors (Lipinski definition) is 0. The molecule has 4 aromatic rings. The van der Waals surface area contributed by atoms with E-state index in [0.29, 0.717) is 17.7 Å². The number of ether oxygens (including phenoxy) is 2. The van der Waals surface area contributed by atoms with Crippen LogP contribution < -0.4 is 9.47 Å². The molecule has 0 aromatic heterocycles. The van der Waals surface area contributed by atoms with Crippen LogP contribution in [0.15, 0.2) is 72.8 Å². The minimum absolute atomic E-state index is 0.00508. The first-order valence-electron chi connectivity index (χ1n) is 13.3. The summed E-state index contributed by atoms with van der Waals surface area (Å²) in [5, 5.41) is 0. The van der Waals surface area contributed by atoms with Crippen LogP contribution in [0.3, 0.4) is 0 Å². The summed E-state index contributed by atoms with van der Waals surface area (Å²) in [4.78, 5) is 12.6. The molecule has 0 N–H and O–H groups in total. The summed E-state index contributed by atoms with van der Waals surface area (Å²) < 4.78 is 69.6. The number of halogens is 4. The third kappa shape index (κ3) is 6.71. The van der Waals surface area contributed by atoms with Gasteiger partial charge in [0.05, 0.1) is 12.2 Å². The zero-order valence-corrected chi connectivity index (χ0v) is 22.4. The molecule has 0 fully saturated rings. The predicted octanol–water partition coefficient (Wildman–Crippen LogP) is 9.45. The Labute approximate surface area is 231 Å². The maximum Gasteiger partial charge on any atom is 0.346 e. The fourth-order valence-electron chi connectivity index (χ4n) is 4.28. The Kier molecular flexibility index (Phi) is 9.59. The van der Waals surface area contributed by atoms with Crippen LogP contribution in [0.4, 0.5) is 17.6 Å². The minimum atomic E-state index is -1.32. The lowest BCUT2D eigenvalue weighted by atomic mass is 10.0. The van der Waals surface area contributed by atoms with Gasteiger partial charge in [0.25, 0.3) is 0 Å². The van der Waals surface area contributed by atoms with Crippen molar-refractivity contribution in [3.63, 3.8) is 0 Å².